The van der Waals surface area contributed by atoms with E-state index in [2.05, 4.69) is 174 Å². The van der Waals surface area contributed by atoms with E-state index in [-0.39, 0.29) is 0 Å². The number of aromatic nitrogens is 4. The lowest BCUT2D eigenvalue weighted by atomic mass is 9.69. The molecule has 0 unspecified atom stereocenters. The minimum Gasteiger partial charge on any atom is -0.278 e. The zero-order valence-corrected chi connectivity index (χ0v) is 30.3. The van der Waals surface area contributed by atoms with Crippen molar-refractivity contribution in [2.75, 3.05) is 0 Å². The van der Waals surface area contributed by atoms with Crippen molar-refractivity contribution in [2.24, 2.45) is 0 Å². The van der Waals surface area contributed by atoms with Crippen LogP contribution in [-0.4, -0.2) is 19.5 Å². The summed E-state index contributed by atoms with van der Waals surface area (Å²) in [6.45, 7) is 0. The number of para-hydroxylation sites is 1. The van der Waals surface area contributed by atoms with Gasteiger partial charge in [-0.3, -0.25) is 4.57 Å². The van der Waals surface area contributed by atoms with Crippen LogP contribution in [0.2, 0.25) is 0 Å². The first-order valence-electron chi connectivity index (χ1n) is 19.1. The van der Waals surface area contributed by atoms with Crippen LogP contribution >= 0.6 is 0 Å². The Morgan fingerprint density at radius 2 is 0.804 bits per heavy atom. The van der Waals surface area contributed by atoms with Crippen LogP contribution in [0.3, 0.4) is 0 Å². The predicted molar refractivity (Wildman–Crippen MR) is 227 cm³/mol. The molecule has 4 nitrogen and oxygen atoms in total. The molecule has 2 heterocycles. The zero-order valence-electron chi connectivity index (χ0n) is 30.3. The van der Waals surface area contributed by atoms with E-state index in [0.29, 0.717) is 17.6 Å². The highest BCUT2D eigenvalue weighted by molar-refractivity contribution is 6.16. The molecule has 0 saturated heterocycles. The minimum absolute atomic E-state index is 0.493. The number of hydrogen-bond donors (Lipinski definition) is 0. The molecule has 4 heteroatoms. The van der Waals surface area contributed by atoms with Gasteiger partial charge in [-0.25, -0.2) is 4.98 Å². The average Bonchev–Trinajstić information content (AvgIpc) is 3.89. The second kappa shape index (κ2) is 11.8. The maximum atomic E-state index is 5.31. The van der Waals surface area contributed by atoms with Gasteiger partial charge in [0.15, 0.2) is 11.6 Å². The van der Waals surface area contributed by atoms with Gasteiger partial charge in [0, 0.05) is 21.9 Å². The van der Waals surface area contributed by atoms with Gasteiger partial charge in [-0.2, -0.15) is 9.97 Å². The summed E-state index contributed by atoms with van der Waals surface area (Å²) in [5.41, 5.74) is 16.2. The molecule has 0 saturated carbocycles. The summed E-state index contributed by atoms with van der Waals surface area (Å²) in [6, 6.07) is 69.5. The highest BCUT2D eigenvalue weighted by Gasteiger charge is 2.52. The van der Waals surface area contributed by atoms with Gasteiger partial charge in [0.1, 0.15) is 0 Å². The largest absolute Gasteiger partial charge is 0.278 e. The Balaban J connectivity index is 1.16. The third kappa shape index (κ3) is 4.21. The monoisotopic (exact) mass is 712 g/mol. The molecule has 12 rings (SSSR count). The Labute approximate surface area is 324 Å². The topological polar surface area (TPSA) is 43.6 Å². The summed E-state index contributed by atoms with van der Waals surface area (Å²) in [5.74, 6) is 1.85. The summed E-state index contributed by atoms with van der Waals surface area (Å²) >= 11 is 0. The smallest absolute Gasteiger partial charge is 0.238 e. The van der Waals surface area contributed by atoms with Crippen LogP contribution in [0.5, 0.6) is 0 Å². The summed E-state index contributed by atoms with van der Waals surface area (Å²) in [4.78, 5) is 15.7. The van der Waals surface area contributed by atoms with Crippen LogP contribution in [0.25, 0.3) is 83.9 Å². The Hall–Kier alpha value is -7.43. The lowest BCUT2D eigenvalue weighted by Gasteiger charge is -2.31. The van der Waals surface area contributed by atoms with Crippen LogP contribution in [-0.2, 0) is 5.41 Å². The van der Waals surface area contributed by atoms with E-state index in [1.807, 2.05) is 24.3 Å². The summed E-state index contributed by atoms with van der Waals surface area (Å²) in [5, 5.41) is 2.39. The van der Waals surface area contributed by atoms with Gasteiger partial charge in [-0.15, -0.1) is 0 Å². The molecule has 0 aliphatic heterocycles. The van der Waals surface area contributed by atoms with E-state index in [0.717, 1.165) is 27.7 Å². The zero-order chi connectivity index (χ0) is 36.8. The molecular formula is C52H32N4. The molecule has 1 spiro atoms. The van der Waals surface area contributed by atoms with Gasteiger partial charge in [0.05, 0.1) is 16.4 Å². The number of hydrogen-bond acceptors (Lipinski definition) is 3. The summed E-state index contributed by atoms with van der Waals surface area (Å²) in [6.07, 6.45) is 0. The molecule has 0 N–H and O–H groups in total. The van der Waals surface area contributed by atoms with Gasteiger partial charge < -0.3 is 0 Å². The third-order valence-corrected chi connectivity index (χ3v) is 11.9. The first-order valence-corrected chi connectivity index (χ1v) is 19.1. The van der Waals surface area contributed by atoms with Crippen LogP contribution in [0.15, 0.2) is 194 Å². The predicted octanol–water partition coefficient (Wildman–Crippen LogP) is 12.3. The first kappa shape index (κ1) is 31.0. The summed E-state index contributed by atoms with van der Waals surface area (Å²) in [7, 11) is 0. The number of fused-ring (bicyclic) bond motifs is 14. The highest BCUT2D eigenvalue weighted by atomic mass is 15.2. The van der Waals surface area contributed by atoms with E-state index >= 15 is 0 Å². The van der Waals surface area contributed by atoms with Crippen molar-refractivity contribution >= 4 is 21.8 Å². The lowest BCUT2D eigenvalue weighted by molar-refractivity contribution is 0.801. The van der Waals surface area contributed by atoms with E-state index in [1.165, 1.54) is 60.8 Å². The summed E-state index contributed by atoms with van der Waals surface area (Å²) < 4.78 is 2.25. The Kier molecular flexibility index (Phi) is 6.52. The van der Waals surface area contributed by atoms with Crippen molar-refractivity contribution in [3.05, 3.63) is 216 Å². The van der Waals surface area contributed by atoms with Crippen molar-refractivity contribution in [1.82, 2.24) is 19.5 Å². The minimum atomic E-state index is -0.493. The van der Waals surface area contributed by atoms with Crippen molar-refractivity contribution in [3.8, 4) is 62.1 Å². The molecular weight excluding hydrogens is 681 g/mol. The third-order valence-electron chi connectivity index (χ3n) is 11.9. The maximum absolute atomic E-state index is 5.31. The Morgan fingerprint density at radius 1 is 0.339 bits per heavy atom. The second-order valence-corrected chi connectivity index (χ2v) is 14.7. The van der Waals surface area contributed by atoms with Crippen LogP contribution < -0.4 is 0 Å². The number of rotatable bonds is 4. The van der Waals surface area contributed by atoms with E-state index < -0.39 is 5.41 Å². The van der Waals surface area contributed by atoms with E-state index in [4.69, 9.17) is 15.0 Å². The highest BCUT2D eigenvalue weighted by Crippen LogP contribution is 2.64. The van der Waals surface area contributed by atoms with E-state index in [9.17, 15) is 0 Å². The SMILES string of the molecule is c1ccc(-c2ccc(-c3nc(-c4ccccc4)nc(-n4c5ccccc5c5c6c(ccc54)-c4ccccc4C64c5ccccc5-c5ccccc54)n3)cc2)cc1. The fourth-order valence-electron chi connectivity index (χ4n) is 9.62. The molecule has 2 aliphatic rings. The lowest BCUT2D eigenvalue weighted by Crippen LogP contribution is -2.26. The molecule has 0 fully saturated rings. The average molecular weight is 713 g/mol. The van der Waals surface area contributed by atoms with Gasteiger partial charge in [-0.1, -0.05) is 182 Å². The van der Waals surface area contributed by atoms with Gasteiger partial charge in [0.2, 0.25) is 5.95 Å². The fourth-order valence-corrected chi connectivity index (χ4v) is 9.62. The van der Waals surface area contributed by atoms with Gasteiger partial charge in [-0.05, 0) is 67.8 Å². The van der Waals surface area contributed by atoms with Gasteiger partial charge >= 0.3 is 0 Å². The quantitative estimate of drug-likeness (QED) is 0.182. The molecule has 260 valence electrons. The van der Waals surface area contributed by atoms with Crippen molar-refractivity contribution in [3.63, 3.8) is 0 Å². The van der Waals surface area contributed by atoms with Crippen LogP contribution in [0.1, 0.15) is 22.3 Å². The van der Waals surface area contributed by atoms with Crippen molar-refractivity contribution in [1.29, 1.82) is 0 Å². The number of benzene rings is 8. The number of nitrogens with zero attached hydrogens (tertiary/aromatic N) is 4. The molecule has 10 aromatic rings. The standard InChI is InChI=1S/C52H32N4/c1-3-15-33(16-4-1)34-27-29-36(30-28-34)50-53-49(35-17-5-2-6-18-35)54-51(55-50)56-45-26-14-10-22-41(45)47-46(56)32-31-40-39-21-9-13-25-44(39)52(48(40)47)42-23-11-7-19-37(42)38-20-8-12-24-43(38)52/h1-32H. The molecule has 0 atom stereocenters. The second-order valence-electron chi connectivity index (χ2n) is 14.7. The molecule has 0 radical (unpaired) electrons. The molecule has 2 aromatic heterocycles. The molecule has 0 bridgehead atoms. The van der Waals surface area contributed by atoms with E-state index in [1.54, 1.807) is 0 Å². The van der Waals surface area contributed by atoms with Crippen LogP contribution in [0, 0.1) is 0 Å². The van der Waals surface area contributed by atoms with Crippen molar-refractivity contribution < 1.29 is 0 Å². The van der Waals surface area contributed by atoms with Gasteiger partial charge in [0.25, 0.3) is 0 Å². The first-order chi connectivity index (χ1) is 27.8. The van der Waals surface area contributed by atoms with Crippen LogP contribution in [0.4, 0.5) is 0 Å². The Bertz CT molecular complexity index is 3120. The Morgan fingerprint density at radius 3 is 1.43 bits per heavy atom. The fraction of sp³-hybridized carbons (Fsp3) is 0.0192. The maximum Gasteiger partial charge on any atom is 0.238 e. The molecule has 0 amide bonds. The van der Waals surface area contributed by atoms with Crippen molar-refractivity contribution in [2.45, 2.75) is 5.41 Å². The molecule has 2 aliphatic carbocycles. The normalized spacial score (nSPS) is 13.1. The molecule has 56 heavy (non-hydrogen) atoms. The molecule has 8 aromatic carbocycles.